The Bertz CT molecular complexity index is 640. The second-order valence-corrected chi connectivity index (χ2v) is 5.16. The van der Waals surface area contributed by atoms with Gasteiger partial charge in [0.15, 0.2) is 0 Å². The van der Waals surface area contributed by atoms with Gasteiger partial charge in [-0.3, -0.25) is 4.79 Å². The van der Waals surface area contributed by atoms with E-state index in [1.165, 1.54) is 0 Å². The maximum atomic E-state index is 12.5. The third-order valence-electron chi connectivity index (χ3n) is 3.95. The highest BCUT2D eigenvalue weighted by Crippen LogP contribution is 2.30. The minimum atomic E-state index is 0.0110. The number of carbonyl (C=O) groups excluding carboxylic acids is 1. The van der Waals surface area contributed by atoms with Gasteiger partial charge in [0, 0.05) is 18.7 Å². The Morgan fingerprint density at radius 3 is 2.95 bits per heavy atom. The molecule has 1 saturated heterocycles. The predicted octanol–water partition coefficient (Wildman–Crippen LogP) is 0.874. The molecule has 102 valence electrons. The fourth-order valence-electron chi connectivity index (χ4n) is 2.92. The topological polar surface area (TPSA) is 60.3 Å². The average molecular weight is 270 g/mol. The van der Waals surface area contributed by atoms with Crippen LogP contribution in [0.4, 0.5) is 0 Å². The van der Waals surface area contributed by atoms with Gasteiger partial charge in [-0.2, -0.15) is 0 Å². The van der Waals surface area contributed by atoms with E-state index < -0.39 is 0 Å². The Kier molecular flexibility index (Phi) is 2.56. The zero-order chi connectivity index (χ0) is 13.5. The van der Waals surface area contributed by atoms with Gasteiger partial charge in [-0.25, -0.2) is 4.68 Å². The summed E-state index contributed by atoms with van der Waals surface area (Å²) in [5.41, 5.74) is 1.69. The Morgan fingerprint density at radius 1 is 1.25 bits per heavy atom. The lowest BCUT2D eigenvalue weighted by atomic mass is 10.2. The number of aromatic nitrogens is 3. The quantitative estimate of drug-likeness (QED) is 0.771. The number of hydrogen-bond acceptors (Lipinski definition) is 4. The van der Waals surface area contributed by atoms with Crippen molar-refractivity contribution in [3.63, 3.8) is 0 Å². The normalized spacial score (nSPS) is 24.3. The van der Waals surface area contributed by atoms with Gasteiger partial charge in [0.2, 0.25) is 0 Å². The number of fused-ring (bicyclic) bond motifs is 3. The molecule has 20 heavy (non-hydrogen) atoms. The summed E-state index contributed by atoms with van der Waals surface area (Å²) >= 11 is 0. The van der Waals surface area contributed by atoms with Crippen LogP contribution < -0.4 is 0 Å². The molecule has 2 aliphatic heterocycles. The van der Waals surface area contributed by atoms with Crippen molar-refractivity contribution in [2.45, 2.75) is 18.8 Å². The van der Waals surface area contributed by atoms with Crippen LogP contribution in [0.1, 0.15) is 22.1 Å². The molecule has 4 rings (SSSR count). The lowest BCUT2D eigenvalue weighted by Gasteiger charge is -2.25. The summed E-state index contributed by atoms with van der Waals surface area (Å²) in [5.74, 6) is 0.0465. The lowest BCUT2D eigenvalue weighted by molar-refractivity contribution is -0.00488. The minimum absolute atomic E-state index is 0.0110. The third-order valence-corrected chi connectivity index (χ3v) is 3.95. The monoisotopic (exact) mass is 270 g/mol. The summed E-state index contributed by atoms with van der Waals surface area (Å²) in [4.78, 5) is 14.3. The molecule has 1 aromatic heterocycles. The van der Waals surface area contributed by atoms with E-state index in [1.54, 1.807) is 6.20 Å². The molecular weight excluding hydrogens is 256 g/mol. The first kappa shape index (κ1) is 11.6. The predicted molar refractivity (Wildman–Crippen MR) is 70.0 cm³/mol. The molecule has 0 saturated carbocycles. The van der Waals surface area contributed by atoms with Gasteiger partial charge in [-0.05, 0) is 12.1 Å². The Morgan fingerprint density at radius 2 is 2.10 bits per heavy atom. The van der Waals surface area contributed by atoms with Crippen LogP contribution in [0, 0.1) is 0 Å². The lowest BCUT2D eigenvalue weighted by Crippen LogP contribution is -2.32. The van der Waals surface area contributed by atoms with Gasteiger partial charge in [0.1, 0.15) is 0 Å². The Labute approximate surface area is 115 Å². The van der Waals surface area contributed by atoms with Gasteiger partial charge in [-0.15, -0.1) is 5.10 Å². The second kappa shape index (κ2) is 4.42. The van der Waals surface area contributed by atoms with Crippen LogP contribution >= 0.6 is 0 Å². The number of benzene rings is 1. The van der Waals surface area contributed by atoms with Crippen molar-refractivity contribution in [3.8, 4) is 0 Å². The van der Waals surface area contributed by atoms with Gasteiger partial charge in [0.05, 0.1) is 30.6 Å². The van der Waals surface area contributed by atoms with E-state index in [2.05, 4.69) is 10.3 Å². The van der Waals surface area contributed by atoms with Crippen LogP contribution in [0.25, 0.3) is 0 Å². The third kappa shape index (κ3) is 1.72. The van der Waals surface area contributed by atoms with Crippen molar-refractivity contribution in [2.24, 2.45) is 0 Å². The van der Waals surface area contributed by atoms with Crippen molar-refractivity contribution >= 4 is 5.91 Å². The standard InChI is InChI=1S/C14H14N4O2/c19-14(10-4-2-1-3-5-10)17-7-12-13(8-17)20-9-11-6-15-16-18(11)12/h1-6,12-13H,7-9H2/t12-,13-/m0/s1. The van der Waals surface area contributed by atoms with E-state index in [0.29, 0.717) is 25.3 Å². The van der Waals surface area contributed by atoms with Crippen molar-refractivity contribution in [3.05, 3.63) is 47.8 Å². The van der Waals surface area contributed by atoms with E-state index in [0.717, 1.165) is 5.69 Å². The highest BCUT2D eigenvalue weighted by atomic mass is 16.5. The summed E-state index contributed by atoms with van der Waals surface area (Å²) in [6.45, 7) is 1.74. The zero-order valence-electron chi connectivity index (χ0n) is 10.8. The van der Waals surface area contributed by atoms with Crippen molar-refractivity contribution in [2.75, 3.05) is 13.1 Å². The van der Waals surface area contributed by atoms with E-state index in [1.807, 2.05) is 39.9 Å². The minimum Gasteiger partial charge on any atom is -0.368 e. The number of nitrogens with zero attached hydrogens (tertiary/aromatic N) is 4. The molecule has 0 spiro atoms. The molecule has 1 amide bonds. The first-order chi connectivity index (χ1) is 9.83. The first-order valence-electron chi connectivity index (χ1n) is 6.68. The Balaban J connectivity index is 1.58. The van der Waals surface area contributed by atoms with Crippen LogP contribution in [0.5, 0.6) is 0 Å². The molecule has 6 heteroatoms. The number of carbonyl (C=O) groups is 1. The molecule has 0 N–H and O–H groups in total. The zero-order valence-corrected chi connectivity index (χ0v) is 10.8. The van der Waals surface area contributed by atoms with Gasteiger partial charge in [-0.1, -0.05) is 23.4 Å². The Hall–Kier alpha value is -2.21. The molecule has 2 aliphatic rings. The molecular formula is C14H14N4O2. The molecule has 2 aromatic rings. The van der Waals surface area contributed by atoms with Crippen LogP contribution in [-0.4, -0.2) is 45.0 Å². The summed E-state index contributed by atoms with van der Waals surface area (Å²) in [7, 11) is 0. The summed E-state index contributed by atoms with van der Waals surface area (Å²) < 4.78 is 7.70. The smallest absolute Gasteiger partial charge is 0.254 e. The number of hydrogen-bond donors (Lipinski definition) is 0. The number of amides is 1. The number of ether oxygens (including phenoxy) is 1. The summed E-state index contributed by atoms with van der Waals surface area (Å²) in [5, 5.41) is 8.04. The highest BCUT2D eigenvalue weighted by molar-refractivity contribution is 5.94. The molecule has 3 heterocycles. The molecule has 0 bridgehead atoms. The fourth-order valence-corrected chi connectivity index (χ4v) is 2.92. The fraction of sp³-hybridized carbons (Fsp3) is 0.357. The first-order valence-corrected chi connectivity index (χ1v) is 6.68. The van der Waals surface area contributed by atoms with E-state index >= 15 is 0 Å². The molecule has 1 aromatic carbocycles. The van der Waals surface area contributed by atoms with Gasteiger partial charge in [0.25, 0.3) is 5.91 Å². The van der Waals surface area contributed by atoms with Crippen molar-refractivity contribution in [1.82, 2.24) is 19.9 Å². The average Bonchev–Trinajstić information content (AvgIpc) is 3.12. The molecule has 2 atom stereocenters. The van der Waals surface area contributed by atoms with E-state index in [9.17, 15) is 4.79 Å². The van der Waals surface area contributed by atoms with Crippen molar-refractivity contribution < 1.29 is 9.53 Å². The molecule has 0 unspecified atom stereocenters. The van der Waals surface area contributed by atoms with Crippen LogP contribution in [0.15, 0.2) is 36.5 Å². The molecule has 0 aliphatic carbocycles. The largest absolute Gasteiger partial charge is 0.368 e. The SMILES string of the molecule is O=C(c1ccccc1)N1C[C@@H]2OCc3cnnn3[C@H]2C1. The van der Waals surface area contributed by atoms with Crippen LogP contribution in [0.3, 0.4) is 0 Å². The van der Waals surface area contributed by atoms with Gasteiger partial charge < -0.3 is 9.64 Å². The maximum Gasteiger partial charge on any atom is 0.254 e. The molecule has 0 radical (unpaired) electrons. The van der Waals surface area contributed by atoms with Crippen LogP contribution in [-0.2, 0) is 11.3 Å². The van der Waals surface area contributed by atoms with Crippen molar-refractivity contribution in [1.29, 1.82) is 0 Å². The summed E-state index contributed by atoms with van der Waals surface area (Å²) in [6, 6.07) is 9.42. The second-order valence-electron chi connectivity index (χ2n) is 5.16. The van der Waals surface area contributed by atoms with Crippen LogP contribution in [0.2, 0.25) is 0 Å². The number of rotatable bonds is 1. The molecule has 1 fully saturated rings. The number of likely N-dealkylation sites (tertiary alicyclic amines) is 1. The molecule has 6 nitrogen and oxygen atoms in total. The van der Waals surface area contributed by atoms with E-state index in [-0.39, 0.29) is 18.1 Å². The maximum absolute atomic E-state index is 12.5. The van der Waals surface area contributed by atoms with E-state index in [4.69, 9.17) is 4.74 Å². The highest BCUT2D eigenvalue weighted by Gasteiger charge is 2.41. The van der Waals surface area contributed by atoms with Gasteiger partial charge >= 0.3 is 0 Å². The summed E-state index contributed by atoms with van der Waals surface area (Å²) in [6.07, 6.45) is 1.73.